The molecule has 0 fully saturated rings. The highest BCUT2D eigenvalue weighted by molar-refractivity contribution is 5.91. The maximum absolute atomic E-state index is 13.8. The Morgan fingerprint density at radius 3 is 2.73 bits per heavy atom. The predicted octanol–water partition coefficient (Wildman–Crippen LogP) is 2.40. The number of nitriles is 1. The molecular formula is C22H19FN4O3. The Bertz CT molecular complexity index is 1200. The van der Waals surface area contributed by atoms with Gasteiger partial charge in [-0.15, -0.1) is 0 Å². The lowest BCUT2D eigenvalue weighted by Gasteiger charge is -2.16. The maximum Gasteiger partial charge on any atom is 0.257 e. The number of benzene rings is 2. The summed E-state index contributed by atoms with van der Waals surface area (Å²) in [7, 11) is 0. The Labute approximate surface area is 172 Å². The number of hydrogen-bond acceptors (Lipinski definition) is 5. The molecule has 0 saturated heterocycles. The van der Waals surface area contributed by atoms with Gasteiger partial charge in [-0.3, -0.25) is 14.2 Å². The van der Waals surface area contributed by atoms with Crippen molar-refractivity contribution in [1.82, 2.24) is 9.55 Å². The van der Waals surface area contributed by atoms with Crippen molar-refractivity contribution < 1.29 is 14.3 Å². The minimum Gasteiger partial charge on any atom is -0.396 e. The lowest BCUT2D eigenvalue weighted by molar-refractivity contribution is -0.116. The summed E-state index contributed by atoms with van der Waals surface area (Å²) in [5, 5.41) is 20.9. The second kappa shape index (κ2) is 9.11. The van der Waals surface area contributed by atoms with Gasteiger partial charge in [-0.25, -0.2) is 9.37 Å². The van der Waals surface area contributed by atoms with Gasteiger partial charge in [-0.05, 0) is 37.3 Å². The van der Waals surface area contributed by atoms with E-state index in [4.69, 9.17) is 5.26 Å². The van der Waals surface area contributed by atoms with Crippen molar-refractivity contribution in [3.05, 3.63) is 81.5 Å². The first-order chi connectivity index (χ1) is 14.4. The molecule has 7 nitrogen and oxygen atoms in total. The number of amides is 1. The summed E-state index contributed by atoms with van der Waals surface area (Å²) in [5.41, 5.74) is 1.37. The van der Waals surface area contributed by atoms with Gasteiger partial charge in [-0.2, -0.15) is 5.26 Å². The van der Waals surface area contributed by atoms with Crippen LogP contribution in [0.15, 0.2) is 53.3 Å². The van der Waals surface area contributed by atoms with Crippen LogP contribution in [0.25, 0.3) is 11.4 Å². The molecule has 0 radical (unpaired) electrons. The van der Waals surface area contributed by atoms with Crippen molar-refractivity contribution in [2.24, 2.45) is 0 Å². The van der Waals surface area contributed by atoms with Crippen LogP contribution in [0.4, 0.5) is 10.1 Å². The molecule has 3 rings (SSSR count). The fourth-order valence-corrected chi connectivity index (χ4v) is 3.11. The van der Waals surface area contributed by atoms with E-state index in [1.165, 1.54) is 24.3 Å². The molecule has 8 heteroatoms. The third kappa shape index (κ3) is 4.59. The van der Waals surface area contributed by atoms with E-state index in [1.54, 1.807) is 31.2 Å². The quantitative estimate of drug-likeness (QED) is 0.654. The number of carbonyl (C=O) groups excluding carboxylic acids is 1. The van der Waals surface area contributed by atoms with E-state index >= 15 is 0 Å². The number of halogens is 1. The average molecular weight is 406 g/mol. The van der Waals surface area contributed by atoms with E-state index in [9.17, 15) is 19.1 Å². The summed E-state index contributed by atoms with van der Waals surface area (Å²) >= 11 is 0. The lowest BCUT2D eigenvalue weighted by atomic mass is 10.1. The number of nitrogens with one attached hydrogen (secondary N) is 1. The second-order valence-corrected chi connectivity index (χ2v) is 6.62. The molecule has 0 spiro atoms. The average Bonchev–Trinajstić information content (AvgIpc) is 2.73. The minimum absolute atomic E-state index is 0.0902. The first-order valence-electron chi connectivity index (χ1n) is 9.20. The Kier molecular flexibility index (Phi) is 6.35. The van der Waals surface area contributed by atoms with E-state index in [2.05, 4.69) is 10.3 Å². The van der Waals surface area contributed by atoms with Gasteiger partial charge >= 0.3 is 0 Å². The number of carbonyl (C=O) groups is 1. The third-order valence-corrected chi connectivity index (χ3v) is 4.49. The molecular weight excluding hydrogens is 387 g/mol. The van der Waals surface area contributed by atoms with Crippen molar-refractivity contribution in [2.45, 2.75) is 19.9 Å². The van der Waals surface area contributed by atoms with Crippen LogP contribution in [0.1, 0.15) is 16.8 Å². The van der Waals surface area contributed by atoms with Crippen LogP contribution in [0.5, 0.6) is 0 Å². The molecule has 2 aromatic carbocycles. The molecule has 152 valence electrons. The molecule has 0 atom stereocenters. The van der Waals surface area contributed by atoms with Gasteiger partial charge in [-0.1, -0.05) is 18.2 Å². The number of rotatable bonds is 6. The monoisotopic (exact) mass is 406 g/mol. The second-order valence-electron chi connectivity index (χ2n) is 6.62. The zero-order valence-corrected chi connectivity index (χ0v) is 16.2. The Balaban J connectivity index is 2.02. The number of aromatic nitrogens is 2. The molecule has 1 heterocycles. The van der Waals surface area contributed by atoms with Crippen LogP contribution in [0, 0.1) is 24.1 Å². The fourth-order valence-electron chi connectivity index (χ4n) is 3.11. The smallest absolute Gasteiger partial charge is 0.257 e. The van der Waals surface area contributed by atoms with Gasteiger partial charge in [0.05, 0.1) is 11.6 Å². The highest BCUT2D eigenvalue weighted by atomic mass is 19.1. The van der Waals surface area contributed by atoms with Crippen LogP contribution in [-0.4, -0.2) is 27.2 Å². The van der Waals surface area contributed by atoms with Crippen molar-refractivity contribution in [1.29, 1.82) is 5.26 Å². The Morgan fingerprint density at radius 2 is 2.03 bits per heavy atom. The molecule has 30 heavy (non-hydrogen) atoms. The van der Waals surface area contributed by atoms with Gasteiger partial charge in [0.25, 0.3) is 5.56 Å². The summed E-state index contributed by atoms with van der Waals surface area (Å²) < 4.78 is 14.9. The van der Waals surface area contributed by atoms with Crippen LogP contribution in [-0.2, 0) is 17.8 Å². The normalized spacial score (nSPS) is 10.5. The lowest BCUT2D eigenvalue weighted by Crippen LogP contribution is -2.33. The molecule has 2 N–H and O–H groups in total. The molecule has 3 aromatic rings. The van der Waals surface area contributed by atoms with Gasteiger partial charge < -0.3 is 10.4 Å². The van der Waals surface area contributed by atoms with Crippen LogP contribution >= 0.6 is 0 Å². The van der Waals surface area contributed by atoms with Crippen LogP contribution < -0.4 is 10.9 Å². The molecule has 0 unspecified atom stereocenters. The van der Waals surface area contributed by atoms with E-state index in [0.29, 0.717) is 22.5 Å². The number of nitrogens with zero attached hydrogens (tertiary/aromatic N) is 3. The molecule has 0 bridgehead atoms. The molecule has 1 aromatic heterocycles. The van der Waals surface area contributed by atoms with Gasteiger partial charge in [0.15, 0.2) is 0 Å². The van der Waals surface area contributed by atoms with Crippen LogP contribution in [0.2, 0.25) is 0 Å². The number of aryl methyl sites for hydroxylation is 1. The molecule has 0 aliphatic heterocycles. The minimum atomic E-state index is -0.509. The first-order valence-corrected chi connectivity index (χ1v) is 9.20. The largest absolute Gasteiger partial charge is 0.396 e. The van der Waals surface area contributed by atoms with E-state index in [1.807, 2.05) is 6.07 Å². The molecule has 0 saturated carbocycles. The number of anilines is 1. The number of aliphatic hydroxyl groups excluding tert-OH is 1. The summed E-state index contributed by atoms with van der Waals surface area (Å²) in [4.78, 5) is 30.1. The first kappa shape index (κ1) is 20.9. The standard InChI is InChI=1S/C22H19FN4O3/c1-14-19(8-9-28)22(30)27(21(25-14)16-5-3-6-17(23)11-16)13-20(29)26-18-7-2-4-15(10-18)12-24/h2-7,10-11,28H,8-9,13H2,1H3,(H,26,29). The van der Waals surface area contributed by atoms with E-state index in [0.717, 1.165) is 4.57 Å². The molecule has 0 aliphatic carbocycles. The van der Waals surface area contributed by atoms with Crippen molar-refractivity contribution in [2.75, 3.05) is 11.9 Å². The predicted molar refractivity (Wildman–Crippen MR) is 109 cm³/mol. The Hall–Kier alpha value is -3.83. The third-order valence-electron chi connectivity index (χ3n) is 4.49. The summed E-state index contributed by atoms with van der Waals surface area (Å²) in [6.45, 7) is 1.02. The molecule has 1 amide bonds. The Morgan fingerprint density at radius 1 is 1.27 bits per heavy atom. The molecule has 0 aliphatic rings. The highest BCUT2D eigenvalue weighted by Gasteiger charge is 2.18. The fraction of sp³-hybridized carbons (Fsp3) is 0.182. The van der Waals surface area contributed by atoms with Gasteiger partial charge in [0.2, 0.25) is 5.91 Å². The maximum atomic E-state index is 13.8. The zero-order chi connectivity index (χ0) is 21.7. The topological polar surface area (TPSA) is 108 Å². The van der Waals surface area contributed by atoms with E-state index in [-0.39, 0.29) is 31.0 Å². The summed E-state index contributed by atoms with van der Waals surface area (Å²) in [5.74, 6) is -0.854. The number of hydrogen-bond donors (Lipinski definition) is 2. The summed E-state index contributed by atoms with van der Waals surface area (Å²) in [6, 6.07) is 14.0. The zero-order valence-electron chi connectivity index (χ0n) is 16.2. The number of aliphatic hydroxyl groups is 1. The SMILES string of the molecule is Cc1nc(-c2cccc(F)c2)n(CC(=O)Nc2cccc(C#N)c2)c(=O)c1CCO. The van der Waals surface area contributed by atoms with Gasteiger partial charge in [0.1, 0.15) is 18.2 Å². The highest BCUT2D eigenvalue weighted by Crippen LogP contribution is 2.19. The van der Waals surface area contributed by atoms with E-state index < -0.39 is 17.3 Å². The van der Waals surface area contributed by atoms with Crippen molar-refractivity contribution >= 4 is 11.6 Å². The van der Waals surface area contributed by atoms with Crippen LogP contribution in [0.3, 0.4) is 0 Å². The van der Waals surface area contributed by atoms with Crippen molar-refractivity contribution in [3.63, 3.8) is 0 Å². The van der Waals surface area contributed by atoms with Gasteiger partial charge in [0, 0.05) is 35.5 Å². The van der Waals surface area contributed by atoms with Crippen molar-refractivity contribution in [3.8, 4) is 17.5 Å². The summed E-state index contributed by atoms with van der Waals surface area (Å²) in [6.07, 6.45) is 0.0902.